The van der Waals surface area contributed by atoms with Crippen molar-refractivity contribution in [1.29, 1.82) is 0 Å². The molecule has 26 heavy (non-hydrogen) atoms. The quantitative estimate of drug-likeness (QED) is 0.784. The number of nitrogens with one attached hydrogen (secondary N) is 1. The number of urea groups is 1. The zero-order valence-electron chi connectivity index (χ0n) is 14.5. The topological polar surface area (TPSA) is 58.4 Å². The molecule has 1 N–H and O–H groups in total. The minimum absolute atomic E-state index is 0.0443. The van der Waals surface area contributed by atoms with Gasteiger partial charge in [0, 0.05) is 31.0 Å². The highest BCUT2D eigenvalue weighted by molar-refractivity contribution is 5.74. The average Bonchev–Trinajstić information content (AvgIpc) is 3.13. The van der Waals surface area contributed by atoms with Gasteiger partial charge in [0.25, 0.3) is 0 Å². The van der Waals surface area contributed by atoms with Gasteiger partial charge in [0.1, 0.15) is 11.5 Å². The molecule has 3 aromatic rings. The van der Waals surface area contributed by atoms with Crippen LogP contribution in [-0.4, -0.2) is 29.0 Å². The maximum absolute atomic E-state index is 12.4. The van der Waals surface area contributed by atoms with E-state index in [0.717, 1.165) is 35.5 Å². The summed E-state index contributed by atoms with van der Waals surface area (Å²) in [5.74, 6) is 1.76. The van der Waals surface area contributed by atoms with E-state index in [1.54, 1.807) is 6.20 Å². The number of pyridine rings is 1. The lowest BCUT2D eigenvalue weighted by Crippen LogP contribution is -2.43. The van der Waals surface area contributed by atoms with Crippen molar-refractivity contribution in [2.24, 2.45) is 0 Å². The number of hydrogen-bond acceptors (Lipinski definition) is 3. The summed E-state index contributed by atoms with van der Waals surface area (Å²) in [5, 5.41) is 2.99. The van der Waals surface area contributed by atoms with Gasteiger partial charge in [-0.25, -0.2) is 4.79 Å². The van der Waals surface area contributed by atoms with Gasteiger partial charge in [-0.15, -0.1) is 0 Å². The SMILES string of the molecule is O=C(NCCc1cccnc1)N1CCc2cc(-c3ccccc3)oc2C1. The van der Waals surface area contributed by atoms with E-state index >= 15 is 0 Å². The number of benzene rings is 1. The first-order chi connectivity index (χ1) is 12.8. The van der Waals surface area contributed by atoms with Gasteiger partial charge < -0.3 is 14.6 Å². The first-order valence-electron chi connectivity index (χ1n) is 8.88. The molecule has 0 fully saturated rings. The summed E-state index contributed by atoms with van der Waals surface area (Å²) >= 11 is 0. The van der Waals surface area contributed by atoms with Gasteiger partial charge in [-0.05, 0) is 36.1 Å². The van der Waals surface area contributed by atoms with Gasteiger partial charge in [-0.2, -0.15) is 0 Å². The Morgan fingerprint density at radius 1 is 1.19 bits per heavy atom. The van der Waals surface area contributed by atoms with Crippen LogP contribution in [0.25, 0.3) is 11.3 Å². The fraction of sp³-hybridized carbons (Fsp3) is 0.238. The molecule has 3 heterocycles. The van der Waals surface area contributed by atoms with Crippen LogP contribution in [0.5, 0.6) is 0 Å². The molecular formula is C21H21N3O2. The molecule has 4 rings (SSSR count). The number of rotatable bonds is 4. The first-order valence-corrected chi connectivity index (χ1v) is 8.88. The van der Waals surface area contributed by atoms with Crippen LogP contribution in [0.2, 0.25) is 0 Å². The normalized spacial score (nSPS) is 13.3. The molecule has 1 aromatic carbocycles. The lowest BCUT2D eigenvalue weighted by atomic mass is 10.1. The molecule has 1 aliphatic heterocycles. The third-order valence-corrected chi connectivity index (χ3v) is 4.64. The lowest BCUT2D eigenvalue weighted by molar-refractivity contribution is 0.186. The molecule has 1 aliphatic rings. The van der Waals surface area contributed by atoms with Gasteiger partial charge in [-0.1, -0.05) is 36.4 Å². The van der Waals surface area contributed by atoms with E-state index in [4.69, 9.17) is 4.42 Å². The van der Waals surface area contributed by atoms with Crippen LogP contribution >= 0.6 is 0 Å². The summed E-state index contributed by atoms with van der Waals surface area (Å²) in [6, 6.07) is 16.0. The smallest absolute Gasteiger partial charge is 0.317 e. The molecule has 0 radical (unpaired) electrons. The minimum Gasteiger partial charge on any atom is -0.459 e. The average molecular weight is 347 g/mol. The highest BCUT2D eigenvalue weighted by Gasteiger charge is 2.24. The van der Waals surface area contributed by atoms with Gasteiger partial charge in [-0.3, -0.25) is 4.98 Å². The summed E-state index contributed by atoms with van der Waals surface area (Å²) in [6.07, 6.45) is 5.17. The molecule has 5 nitrogen and oxygen atoms in total. The minimum atomic E-state index is -0.0443. The summed E-state index contributed by atoms with van der Waals surface area (Å²) < 4.78 is 6.02. The monoisotopic (exact) mass is 347 g/mol. The molecule has 0 unspecified atom stereocenters. The number of nitrogens with zero attached hydrogens (tertiary/aromatic N) is 2. The molecule has 0 bridgehead atoms. The predicted molar refractivity (Wildman–Crippen MR) is 99.6 cm³/mol. The molecule has 0 atom stereocenters. The van der Waals surface area contributed by atoms with Crippen molar-refractivity contribution >= 4 is 6.03 Å². The largest absolute Gasteiger partial charge is 0.459 e. The number of fused-ring (bicyclic) bond motifs is 1. The lowest BCUT2D eigenvalue weighted by Gasteiger charge is -2.26. The van der Waals surface area contributed by atoms with E-state index in [-0.39, 0.29) is 6.03 Å². The number of amides is 2. The third kappa shape index (κ3) is 3.61. The van der Waals surface area contributed by atoms with Crippen LogP contribution in [0.1, 0.15) is 16.9 Å². The van der Waals surface area contributed by atoms with Gasteiger partial charge in [0.05, 0.1) is 6.54 Å². The Morgan fingerprint density at radius 3 is 2.88 bits per heavy atom. The Kier molecular flexibility index (Phi) is 4.69. The fourth-order valence-electron chi connectivity index (χ4n) is 3.21. The number of carbonyl (C=O) groups excluding carboxylic acids is 1. The Bertz CT molecular complexity index is 875. The van der Waals surface area contributed by atoms with E-state index in [0.29, 0.717) is 19.6 Å². The summed E-state index contributed by atoms with van der Waals surface area (Å²) in [5.41, 5.74) is 3.38. The van der Waals surface area contributed by atoms with Crippen LogP contribution < -0.4 is 5.32 Å². The second-order valence-corrected chi connectivity index (χ2v) is 6.44. The van der Waals surface area contributed by atoms with Crippen molar-refractivity contribution in [2.75, 3.05) is 13.1 Å². The van der Waals surface area contributed by atoms with Crippen molar-refractivity contribution in [1.82, 2.24) is 15.2 Å². The second-order valence-electron chi connectivity index (χ2n) is 6.44. The first kappa shape index (κ1) is 16.4. The van der Waals surface area contributed by atoms with Crippen LogP contribution in [0, 0.1) is 0 Å². The third-order valence-electron chi connectivity index (χ3n) is 4.64. The number of carbonyl (C=O) groups is 1. The van der Waals surface area contributed by atoms with E-state index in [9.17, 15) is 4.79 Å². The van der Waals surface area contributed by atoms with Crippen LogP contribution in [-0.2, 0) is 19.4 Å². The molecule has 0 saturated heterocycles. The zero-order chi connectivity index (χ0) is 17.8. The molecular weight excluding hydrogens is 326 g/mol. The number of furan rings is 1. The standard InChI is InChI=1S/C21H21N3O2/c25-21(23-11-8-16-5-4-10-22-14-16)24-12-9-18-13-19(26-20(18)15-24)17-6-2-1-3-7-17/h1-7,10,13-14H,8-9,11-12,15H2,(H,23,25). The van der Waals surface area contributed by atoms with E-state index < -0.39 is 0 Å². The predicted octanol–water partition coefficient (Wildman–Crippen LogP) is 3.65. The van der Waals surface area contributed by atoms with Crippen molar-refractivity contribution in [3.8, 4) is 11.3 Å². The van der Waals surface area contributed by atoms with E-state index in [1.807, 2.05) is 53.6 Å². The van der Waals surface area contributed by atoms with Crippen LogP contribution in [0.4, 0.5) is 4.79 Å². The highest BCUT2D eigenvalue weighted by Crippen LogP contribution is 2.29. The number of hydrogen-bond donors (Lipinski definition) is 1. The highest BCUT2D eigenvalue weighted by atomic mass is 16.3. The van der Waals surface area contributed by atoms with Gasteiger partial charge >= 0.3 is 6.03 Å². The molecule has 5 heteroatoms. The van der Waals surface area contributed by atoms with Crippen molar-refractivity contribution in [3.63, 3.8) is 0 Å². The maximum Gasteiger partial charge on any atom is 0.317 e. The molecule has 0 aliphatic carbocycles. The fourth-order valence-corrected chi connectivity index (χ4v) is 3.21. The van der Waals surface area contributed by atoms with Gasteiger partial charge in [0.15, 0.2) is 0 Å². The van der Waals surface area contributed by atoms with E-state index in [2.05, 4.69) is 16.4 Å². The second kappa shape index (κ2) is 7.44. The Labute approximate surface area is 152 Å². The Hall–Kier alpha value is -3.08. The Balaban J connectivity index is 1.36. The molecule has 2 aromatic heterocycles. The van der Waals surface area contributed by atoms with Crippen LogP contribution in [0.15, 0.2) is 65.3 Å². The summed E-state index contributed by atoms with van der Waals surface area (Å²) in [6.45, 7) is 1.82. The maximum atomic E-state index is 12.4. The molecule has 132 valence electrons. The molecule has 0 saturated carbocycles. The Morgan fingerprint density at radius 2 is 2.08 bits per heavy atom. The molecule has 2 amide bonds. The summed E-state index contributed by atoms with van der Waals surface area (Å²) in [4.78, 5) is 18.3. The van der Waals surface area contributed by atoms with Crippen molar-refractivity contribution in [2.45, 2.75) is 19.4 Å². The van der Waals surface area contributed by atoms with Crippen LogP contribution in [0.3, 0.4) is 0 Å². The zero-order valence-corrected chi connectivity index (χ0v) is 14.5. The van der Waals surface area contributed by atoms with Crippen molar-refractivity contribution < 1.29 is 9.21 Å². The summed E-state index contributed by atoms with van der Waals surface area (Å²) in [7, 11) is 0. The van der Waals surface area contributed by atoms with Gasteiger partial charge in [0.2, 0.25) is 0 Å². The molecule has 0 spiro atoms. The van der Waals surface area contributed by atoms with Crippen molar-refractivity contribution in [3.05, 3.63) is 77.8 Å². The number of aromatic nitrogens is 1. The van der Waals surface area contributed by atoms with E-state index in [1.165, 1.54) is 5.56 Å².